The summed E-state index contributed by atoms with van der Waals surface area (Å²) in [6, 6.07) is 0.556. The van der Waals surface area contributed by atoms with E-state index in [-0.39, 0.29) is 18.0 Å². The number of piperidine rings is 1. The molecule has 0 radical (unpaired) electrons. The molecule has 2 fully saturated rings. The smallest absolute Gasteiger partial charge is 0.281 e. The molecular weight excluding hydrogens is 394 g/mol. The zero-order valence-corrected chi connectivity index (χ0v) is 18.1. The minimum Gasteiger partial charge on any atom is -0.381 e. The zero-order valence-electron chi connectivity index (χ0n) is 17.3. The summed E-state index contributed by atoms with van der Waals surface area (Å²) >= 11 is 0. The number of nitrogens with zero attached hydrogens (tertiary/aromatic N) is 4. The van der Waals surface area contributed by atoms with Crippen LogP contribution in [0.25, 0.3) is 0 Å². The average Bonchev–Trinajstić information content (AvgIpc) is 2.74. The summed E-state index contributed by atoms with van der Waals surface area (Å²) < 4.78 is 32.8. The van der Waals surface area contributed by atoms with Crippen molar-refractivity contribution in [1.82, 2.24) is 23.5 Å². The number of nitrogens with one attached hydrogen (secondary N) is 1. The third kappa shape index (κ3) is 4.27. The second kappa shape index (κ2) is 8.43. The second-order valence-corrected chi connectivity index (χ2v) is 10.6. The van der Waals surface area contributed by atoms with Gasteiger partial charge in [0.15, 0.2) is 0 Å². The van der Waals surface area contributed by atoms with Gasteiger partial charge in [-0.1, -0.05) is 0 Å². The van der Waals surface area contributed by atoms with E-state index < -0.39 is 10.2 Å². The van der Waals surface area contributed by atoms with Gasteiger partial charge in [-0.2, -0.15) is 17.0 Å². The fourth-order valence-corrected chi connectivity index (χ4v) is 5.73. The lowest BCUT2D eigenvalue weighted by Gasteiger charge is -2.39. The molecular formula is C19H31N5O4S. The van der Waals surface area contributed by atoms with E-state index in [4.69, 9.17) is 9.72 Å². The van der Waals surface area contributed by atoms with E-state index >= 15 is 0 Å². The number of hydrogen-bond acceptors (Lipinski definition) is 6. The van der Waals surface area contributed by atoms with E-state index in [9.17, 15) is 13.2 Å². The molecule has 1 atom stereocenters. The minimum absolute atomic E-state index is 0.0807. The highest BCUT2D eigenvalue weighted by Crippen LogP contribution is 2.29. The standard InChI is InChI=1S/C19H31N5O4S/c1-22(2)29(26,27)24-9-5-17-16(13-24)19(25)21-18(20-17)14-4-3-8-23(12-14)15-6-10-28-11-7-15/h14-15H,3-13H2,1-2H3,(H,20,21,25). The number of ether oxygens (including phenoxy) is 1. The predicted molar refractivity (Wildman–Crippen MR) is 109 cm³/mol. The van der Waals surface area contributed by atoms with E-state index in [1.807, 2.05) is 0 Å². The first-order valence-electron chi connectivity index (χ1n) is 10.5. The van der Waals surface area contributed by atoms with Gasteiger partial charge in [0.25, 0.3) is 15.8 Å². The van der Waals surface area contributed by atoms with Crippen LogP contribution in [0, 0.1) is 0 Å². The molecule has 3 aliphatic rings. The zero-order chi connectivity index (χ0) is 20.6. The van der Waals surface area contributed by atoms with Crippen molar-refractivity contribution in [2.24, 2.45) is 0 Å². The van der Waals surface area contributed by atoms with Crippen LogP contribution in [0.1, 0.15) is 48.7 Å². The largest absolute Gasteiger partial charge is 0.381 e. The van der Waals surface area contributed by atoms with Gasteiger partial charge in [0.1, 0.15) is 5.82 Å². The molecule has 0 saturated carbocycles. The van der Waals surface area contributed by atoms with Crippen molar-refractivity contribution >= 4 is 10.2 Å². The molecule has 1 aromatic heterocycles. The summed E-state index contributed by atoms with van der Waals surface area (Å²) in [5.74, 6) is 0.975. The number of H-pyrrole nitrogens is 1. The fraction of sp³-hybridized carbons (Fsp3) is 0.789. The van der Waals surface area contributed by atoms with Crippen molar-refractivity contribution in [1.29, 1.82) is 0 Å². The maximum Gasteiger partial charge on any atom is 0.281 e. The van der Waals surface area contributed by atoms with Crippen LogP contribution >= 0.6 is 0 Å². The molecule has 1 unspecified atom stereocenters. The number of likely N-dealkylation sites (tertiary alicyclic amines) is 1. The summed E-state index contributed by atoms with van der Waals surface area (Å²) in [5.41, 5.74) is 1.02. The second-order valence-electron chi connectivity index (χ2n) is 8.43. The van der Waals surface area contributed by atoms with Crippen LogP contribution in [0.2, 0.25) is 0 Å². The summed E-state index contributed by atoms with van der Waals surface area (Å²) in [4.78, 5) is 23.1. The Labute approximate surface area is 172 Å². The molecule has 0 amide bonds. The van der Waals surface area contributed by atoms with Crippen molar-refractivity contribution in [3.8, 4) is 0 Å². The maximum absolute atomic E-state index is 12.8. The topological polar surface area (TPSA) is 98.8 Å². The average molecular weight is 426 g/mol. The van der Waals surface area contributed by atoms with Crippen LogP contribution in [0.5, 0.6) is 0 Å². The third-order valence-corrected chi connectivity index (χ3v) is 8.27. The first kappa shape index (κ1) is 20.9. The molecule has 29 heavy (non-hydrogen) atoms. The third-order valence-electron chi connectivity index (χ3n) is 6.39. The Balaban J connectivity index is 1.52. The number of hydrogen-bond donors (Lipinski definition) is 1. The van der Waals surface area contributed by atoms with Crippen LogP contribution < -0.4 is 5.56 Å². The van der Waals surface area contributed by atoms with E-state index in [0.717, 1.165) is 63.5 Å². The lowest BCUT2D eigenvalue weighted by molar-refractivity contribution is 0.0235. The molecule has 4 heterocycles. The molecule has 0 aromatic carbocycles. The van der Waals surface area contributed by atoms with Gasteiger partial charge in [0.05, 0.1) is 11.3 Å². The Hall–Kier alpha value is -1.33. The molecule has 0 bridgehead atoms. The summed E-state index contributed by atoms with van der Waals surface area (Å²) in [5, 5.41) is 0. The number of aromatic nitrogens is 2. The Kier molecular flexibility index (Phi) is 6.08. The van der Waals surface area contributed by atoms with Crippen molar-refractivity contribution < 1.29 is 13.2 Å². The normalized spacial score (nSPS) is 25.3. The fourth-order valence-electron chi connectivity index (χ4n) is 4.65. The van der Waals surface area contributed by atoms with E-state index in [1.165, 1.54) is 22.7 Å². The van der Waals surface area contributed by atoms with Crippen LogP contribution in [-0.4, -0.2) is 84.9 Å². The SMILES string of the molecule is CN(C)S(=O)(=O)N1CCc2nc(C3CCCN(C4CCOCC4)C3)[nH]c(=O)c2C1. The lowest BCUT2D eigenvalue weighted by atomic mass is 9.93. The molecule has 4 rings (SSSR count). The van der Waals surface area contributed by atoms with Crippen molar-refractivity contribution in [2.75, 3.05) is 46.9 Å². The van der Waals surface area contributed by atoms with E-state index in [2.05, 4.69) is 9.88 Å². The van der Waals surface area contributed by atoms with Crippen LogP contribution in [0.3, 0.4) is 0 Å². The Morgan fingerprint density at radius 1 is 1.17 bits per heavy atom. The van der Waals surface area contributed by atoms with Gasteiger partial charge in [0.2, 0.25) is 0 Å². The van der Waals surface area contributed by atoms with Crippen LogP contribution in [0.4, 0.5) is 0 Å². The Morgan fingerprint density at radius 2 is 1.93 bits per heavy atom. The Morgan fingerprint density at radius 3 is 2.66 bits per heavy atom. The minimum atomic E-state index is -3.54. The molecule has 0 aliphatic carbocycles. The number of aromatic amines is 1. The Bertz CT molecular complexity index is 894. The van der Waals surface area contributed by atoms with Crippen molar-refractivity contribution in [2.45, 2.75) is 50.6 Å². The molecule has 3 aliphatic heterocycles. The van der Waals surface area contributed by atoms with Crippen molar-refractivity contribution in [3.63, 3.8) is 0 Å². The molecule has 1 N–H and O–H groups in total. The molecule has 9 nitrogen and oxygen atoms in total. The molecule has 1 aromatic rings. The summed E-state index contributed by atoms with van der Waals surface area (Å²) in [6.45, 7) is 4.08. The first-order chi connectivity index (χ1) is 13.9. The first-order valence-corrected chi connectivity index (χ1v) is 11.9. The lowest BCUT2D eigenvalue weighted by Crippen LogP contribution is -2.46. The van der Waals surface area contributed by atoms with Crippen LogP contribution in [0.15, 0.2) is 4.79 Å². The van der Waals surface area contributed by atoms with Crippen molar-refractivity contribution in [3.05, 3.63) is 27.4 Å². The molecule has 0 spiro atoms. The van der Waals surface area contributed by atoms with E-state index in [0.29, 0.717) is 24.6 Å². The summed E-state index contributed by atoms with van der Waals surface area (Å²) in [7, 11) is -0.533. The van der Waals surface area contributed by atoms with Gasteiger partial charge >= 0.3 is 0 Å². The maximum atomic E-state index is 12.8. The van der Waals surface area contributed by atoms with Gasteiger partial charge in [-0.25, -0.2) is 4.98 Å². The molecule has 162 valence electrons. The highest BCUT2D eigenvalue weighted by molar-refractivity contribution is 7.86. The highest BCUT2D eigenvalue weighted by Gasteiger charge is 2.33. The number of fused-ring (bicyclic) bond motifs is 1. The quantitative estimate of drug-likeness (QED) is 0.745. The monoisotopic (exact) mass is 425 g/mol. The molecule has 10 heteroatoms. The molecule has 2 saturated heterocycles. The highest BCUT2D eigenvalue weighted by atomic mass is 32.2. The number of rotatable bonds is 4. The van der Waals surface area contributed by atoms with Gasteiger partial charge in [-0.05, 0) is 32.2 Å². The predicted octanol–water partition coefficient (Wildman–Crippen LogP) is 0.293. The van der Waals surface area contributed by atoms with Gasteiger partial charge in [-0.15, -0.1) is 0 Å². The summed E-state index contributed by atoms with van der Waals surface area (Å²) in [6.07, 6.45) is 4.71. The van der Waals surface area contributed by atoms with Crippen LogP contribution in [-0.2, 0) is 27.9 Å². The van der Waals surface area contributed by atoms with E-state index in [1.54, 1.807) is 0 Å². The van der Waals surface area contributed by atoms with Gasteiger partial charge in [0, 0.05) is 65.3 Å². The van der Waals surface area contributed by atoms with Gasteiger partial charge < -0.3 is 9.72 Å². The van der Waals surface area contributed by atoms with Gasteiger partial charge in [-0.3, -0.25) is 9.69 Å².